The summed E-state index contributed by atoms with van der Waals surface area (Å²) in [5, 5.41) is 27.2. The number of aromatic nitrogens is 2. The van der Waals surface area contributed by atoms with Crippen molar-refractivity contribution in [1.29, 1.82) is 0 Å². The first-order chi connectivity index (χ1) is 17.5. The van der Waals surface area contributed by atoms with Crippen molar-refractivity contribution in [2.75, 3.05) is 18.9 Å². The Morgan fingerprint density at radius 2 is 2.11 bits per heavy atom. The molecule has 1 aliphatic rings. The largest absolute Gasteiger partial charge is 0.465 e. The number of hydrogen-bond acceptors (Lipinski definition) is 12. The standard InChI is InChI=1S/C20H26N7O9P/c1-3-33-18(30)12(2)24-37(32,36-13-7-5-4-6-8-13)34-11-20(25-26-22)16(29)15(28)17(35-20)27-10-9-14(21)23-19(27)31/h4-10,12,15-17,28-29H,3,11H2,1-2H3,(H,24,32)(H2,21,23,31)/t12-,15-,16+,17-,20?,37?/m1/s1. The van der Waals surface area contributed by atoms with Gasteiger partial charge in [-0.15, -0.1) is 0 Å². The number of ether oxygens (including phenoxy) is 2. The maximum absolute atomic E-state index is 13.7. The molecule has 5 N–H and O–H groups in total. The molecule has 2 aromatic rings. The van der Waals surface area contributed by atoms with E-state index in [-0.39, 0.29) is 18.2 Å². The van der Waals surface area contributed by atoms with Crippen molar-refractivity contribution in [3.8, 4) is 5.75 Å². The van der Waals surface area contributed by atoms with E-state index in [4.69, 9.17) is 29.8 Å². The highest BCUT2D eigenvalue weighted by Crippen LogP contribution is 2.48. The van der Waals surface area contributed by atoms with Crippen LogP contribution < -0.4 is 21.0 Å². The van der Waals surface area contributed by atoms with Gasteiger partial charge in [0.25, 0.3) is 0 Å². The third kappa shape index (κ3) is 6.45. The summed E-state index contributed by atoms with van der Waals surface area (Å²) in [6.07, 6.45) is -4.18. The lowest BCUT2D eigenvalue weighted by Gasteiger charge is -2.29. The molecule has 3 rings (SSSR count). The number of benzene rings is 1. The summed E-state index contributed by atoms with van der Waals surface area (Å²) in [5.74, 6) is -0.757. The molecule has 0 amide bonds. The number of nitrogens with zero attached hydrogens (tertiary/aromatic N) is 5. The molecule has 1 aromatic heterocycles. The molecule has 0 saturated carbocycles. The van der Waals surface area contributed by atoms with Crippen LogP contribution in [0, 0.1) is 0 Å². The molecule has 1 saturated heterocycles. The van der Waals surface area contributed by atoms with Crippen LogP contribution >= 0.6 is 7.75 Å². The highest BCUT2D eigenvalue weighted by molar-refractivity contribution is 7.52. The van der Waals surface area contributed by atoms with E-state index in [9.17, 15) is 24.4 Å². The van der Waals surface area contributed by atoms with Crippen molar-refractivity contribution >= 4 is 19.5 Å². The molecule has 1 fully saturated rings. The molecule has 0 radical (unpaired) electrons. The van der Waals surface area contributed by atoms with E-state index >= 15 is 0 Å². The number of carbonyl (C=O) groups excluding carboxylic acids is 1. The topological polar surface area (TPSA) is 233 Å². The van der Waals surface area contributed by atoms with Gasteiger partial charge in [0.1, 0.15) is 29.8 Å². The van der Waals surface area contributed by atoms with Gasteiger partial charge in [0.2, 0.25) is 5.72 Å². The number of hydrogen-bond donors (Lipinski definition) is 4. The molecule has 1 aromatic carbocycles. The average Bonchev–Trinajstić information content (AvgIpc) is 3.09. The minimum absolute atomic E-state index is 0.0637. The second kappa shape index (κ2) is 11.7. The van der Waals surface area contributed by atoms with Gasteiger partial charge >= 0.3 is 19.4 Å². The molecule has 0 aliphatic carbocycles. The zero-order valence-electron chi connectivity index (χ0n) is 19.8. The van der Waals surface area contributed by atoms with Crippen molar-refractivity contribution in [3.63, 3.8) is 0 Å². The van der Waals surface area contributed by atoms with Gasteiger partial charge in [-0.3, -0.25) is 13.9 Å². The highest BCUT2D eigenvalue weighted by Gasteiger charge is 2.56. The molecule has 200 valence electrons. The number of aliphatic hydroxyl groups excluding tert-OH is 2. The molecule has 17 heteroatoms. The number of nitrogens with one attached hydrogen (secondary N) is 1. The lowest BCUT2D eigenvalue weighted by molar-refractivity contribution is -0.144. The fourth-order valence-corrected chi connectivity index (χ4v) is 4.88. The summed E-state index contributed by atoms with van der Waals surface area (Å²) in [4.78, 5) is 30.5. The van der Waals surface area contributed by atoms with Gasteiger partial charge in [-0.25, -0.2) is 9.36 Å². The second-order valence-corrected chi connectivity index (χ2v) is 9.49. The Kier molecular flexibility index (Phi) is 8.89. The Morgan fingerprint density at radius 1 is 1.41 bits per heavy atom. The van der Waals surface area contributed by atoms with Crippen molar-refractivity contribution in [3.05, 3.63) is 63.5 Å². The van der Waals surface area contributed by atoms with Crippen LogP contribution in [0.15, 0.2) is 52.5 Å². The van der Waals surface area contributed by atoms with Crippen LogP contribution in [0.4, 0.5) is 5.82 Å². The number of anilines is 1. The smallest absolute Gasteiger partial charge is 0.459 e. The van der Waals surface area contributed by atoms with Crippen molar-refractivity contribution in [1.82, 2.24) is 14.6 Å². The van der Waals surface area contributed by atoms with E-state index in [0.717, 1.165) is 10.8 Å². The van der Waals surface area contributed by atoms with Gasteiger partial charge in [0, 0.05) is 11.1 Å². The summed E-state index contributed by atoms with van der Waals surface area (Å²) >= 11 is 0. The van der Waals surface area contributed by atoms with Gasteiger partial charge in [-0.05, 0) is 37.6 Å². The molecule has 6 atom stereocenters. The Bertz CT molecular complexity index is 1260. The average molecular weight is 539 g/mol. The first kappa shape index (κ1) is 28.1. The van der Waals surface area contributed by atoms with E-state index < -0.39 is 56.2 Å². The molecular weight excluding hydrogens is 513 g/mol. The molecule has 2 heterocycles. The van der Waals surface area contributed by atoms with Crippen LogP contribution in [-0.4, -0.2) is 62.9 Å². The summed E-state index contributed by atoms with van der Waals surface area (Å²) in [6, 6.07) is 7.89. The Balaban J connectivity index is 1.91. The lowest BCUT2D eigenvalue weighted by Crippen LogP contribution is -2.45. The third-order valence-electron chi connectivity index (χ3n) is 5.14. The molecule has 1 aliphatic heterocycles. The van der Waals surface area contributed by atoms with Crippen LogP contribution in [-0.2, 0) is 23.4 Å². The van der Waals surface area contributed by atoms with Crippen LogP contribution in [0.3, 0.4) is 0 Å². The first-order valence-corrected chi connectivity index (χ1v) is 12.5. The van der Waals surface area contributed by atoms with E-state index in [0.29, 0.717) is 0 Å². The minimum Gasteiger partial charge on any atom is -0.465 e. The predicted molar refractivity (Wildman–Crippen MR) is 127 cm³/mol. The van der Waals surface area contributed by atoms with Crippen LogP contribution in [0.2, 0.25) is 0 Å². The second-order valence-electron chi connectivity index (χ2n) is 7.80. The Morgan fingerprint density at radius 3 is 2.73 bits per heavy atom. The van der Waals surface area contributed by atoms with Gasteiger partial charge in [-0.2, -0.15) is 10.1 Å². The fraction of sp³-hybridized carbons (Fsp3) is 0.450. The first-order valence-electron chi connectivity index (χ1n) is 10.9. The maximum Gasteiger partial charge on any atom is 0.459 e. The summed E-state index contributed by atoms with van der Waals surface area (Å²) < 4.78 is 35.9. The molecule has 2 unspecified atom stereocenters. The summed E-state index contributed by atoms with van der Waals surface area (Å²) in [6.45, 7) is 2.07. The zero-order chi connectivity index (χ0) is 27.2. The van der Waals surface area contributed by atoms with Crippen LogP contribution in [0.25, 0.3) is 10.4 Å². The molecule has 0 spiro atoms. The van der Waals surface area contributed by atoms with Crippen LogP contribution in [0.5, 0.6) is 5.75 Å². The number of carbonyl (C=O) groups is 1. The Labute approximate surface area is 210 Å². The van der Waals surface area contributed by atoms with Crippen molar-refractivity contribution in [2.24, 2.45) is 5.11 Å². The predicted octanol–water partition coefficient (Wildman–Crippen LogP) is 0.828. The SMILES string of the molecule is CCOC(=O)[C@@H](C)NP(=O)(OCC1(N=[N+]=[N-])O[C@@H](n2ccc(N)nc2=O)[C@H](O)[C@@H]1O)Oc1ccccc1. The van der Waals surface area contributed by atoms with E-state index in [1.165, 1.54) is 25.1 Å². The van der Waals surface area contributed by atoms with Gasteiger partial charge in [0.05, 0.1) is 13.2 Å². The van der Waals surface area contributed by atoms with E-state index in [1.54, 1.807) is 25.1 Å². The Hall–Kier alpha value is -3.49. The number of aliphatic hydroxyl groups is 2. The zero-order valence-corrected chi connectivity index (χ0v) is 20.7. The monoisotopic (exact) mass is 539 g/mol. The number of azide groups is 1. The van der Waals surface area contributed by atoms with Gasteiger partial charge in [-0.1, -0.05) is 23.3 Å². The quantitative estimate of drug-likeness (QED) is 0.102. The van der Waals surface area contributed by atoms with E-state index in [2.05, 4.69) is 20.1 Å². The van der Waals surface area contributed by atoms with Crippen molar-refractivity contribution < 1.29 is 38.1 Å². The maximum atomic E-state index is 13.7. The lowest BCUT2D eigenvalue weighted by atomic mass is 10.1. The fourth-order valence-electron chi connectivity index (χ4n) is 3.36. The van der Waals surface area contributed by atoms with E-state index in [1.807, 2.05) is 0 Å². The molecule has 16 nitrogen and oxygen atoms in total. The van der Waals surface area contributed by atoms with Gasteiger partial charge < -0.3 is 29.9 Å². The number of para-hydroxylation sites is 1. The molecule has 37 heavy (non-hydrogen) atoms. The molecule has 0 bridgehead atoms. The number of rotatable bonds is 11. The molecular formula is C20H26N7O9P. The number of nitrogen functional groups attached to an aromatic ring is 1. The third-order valence-corrected chi connectivity index (χ3v) is 6.77. The number of nitrogens with two attached hydrogens (primary N) is 1. The normalized spacial score (nSPS) is 25.5. The summed E-state index contributed by atoms with van der Waals surface area (Å²) in [5.41, 5.74) is 11.3. The summed E-state index contributed by atoms with van der Waals surface area (Å²) in [7, 11) is -4.45. The van der Waals surface area contributed by atoms with Crippen LogP contribution in [0.1, 0.15) is 20.1 Å². The minimum atomic E-state index is -4.45. The van der Waals surface area contributed by atoms with Crippen molar-refractivity contribution in [2.45, 2.75) is 44.1 Å². The number of esters is 1. The van der Waals surface area contributed by atoms with Gasteiger partial charge in [0.15, 0.2) is 6.23 Å². The highest BCUT2D eigenvalue weighted by atomic mass is 31.2.